The minimum atomic E-state index is -0.597. The van der Waals surface area contributed by atoms with Crippen LogP contribution in [0, 0.1) is 0 Å². The summed E-state index contributed by atoms with van der Waals surface area (Å²) in [5, 5.41) is 11.8. The van der Waals surface area contributed by atoms with Crippen LogP contribution in [-0.2, 0) is 9.53 Å². The van der Waals surface area contributed by atoms with Crippen LogP contribution in [0.2, 0.25) is 0 Å². The van der Waals surface area contributed by atoms with E-state index in [4.69, 9.17) is 4.74 Å². The Morgan fingerprint density at radius 2 is 2.31 bits per heavy atom. The third kappa shape index (κ3) is 9.30. The van der Waals surface area contributed by atoms with Crippen LogP contribution in [0.15, 0.2) is 0 Å². The zero-order valence-electron chi connectivity index (χ0n) is 8.38. The first-order chi connectivity index (χ1) is 6.16. The van der Waals surface area contributed by atoms with Crippen molar-refractivity contribution < 1.29 is 14.6 Å². The molecule has 1 unspecified atom stereocenters. The van der Waals surface area contributed by atoms with Crippen LogP contribution in [0.3, 0.4) is 0 Å². The summed E-state index contributed by atoms with van der Waals surface area (Å²) in [6.07, 6.45) is 1.50. The molecule has 2 N–H and O–H groups in total. The lowest BCUT2D eigenvalue weighted by Crippen LogP contribution is -2.33. The summed E-state index contributed by atoms with van der Waals surface area (Å²) in [5.41, 5.74) is 0. The molecule has 0 aliphatic rings. The molecule has 0 aliphatic carbocycles. The average Bonchev–Trinajstić information content (AvgIpc) is 2.09. The van der Waals surface area contributed by atoms with Gasteiger partial charge in [0.05, 0.1) is 12.7 Å². The Labute approximate surface area is 79.3 Å². The van der Waals surface area contributed by atoms with Gasteiger partial charge in [-0.05, 0) is 6.42 Å². The van der Waals surface area contributed by atoms with Crippen molar-refractivity contribution in [1.82, 2.24) is 5.32 Å². The highest BCUT2D eigenvalue weighted by atomic mass is 16.5. The topological polar surface area (TPSA) is 58.6 Å². The molecule has 1 atom stereocenters. The van der Waals surface area contributed by atoms with Gasteiger partial charge in [-0.25, -0.2) is 0 Å². The highest BCUT2D eigenvalue weighted by molar-refractivity contribution is 5.72. The molecule has 0 rings (SSSR count). The van der Waals surface area contributed by atoms with Crippen LogP contribution in [0.1, 0.15) is 26.7 Å². The number of carbonyl (C=O) groups excluding carboxylic acids is 1. The van der Waals surface area contributed by atoms with Crippen LogP contribution in [0.4, 0.5) is 0 Å². The second kappa shape index (κ2) is 8.01. The first-order valence-corrected chi connectivity index (χ1v) is 4.67. The molecule has 0 saturated heterocycles. The number of unbranched alkanes of at least 4 members (excludes halogenated alkanes) is 1. The molecule has 0 aliphatic heterocycles. The highest BCUT2D eigenvalue weighted by Gasteiger charge is 2.03. The van der Waals surface area contributed by atoms with Gasteiger partial charge < -0.3 is 15.2 Å². The highest BCUT2D eigenvalue weighted by Crippen LogP contribution is 1.90. The Kier molecular flexibility index (Phi) is 7.63. The smallest absolute Gasteiger partial charge is 0.216 e. The minimum Gasteiger partial charge on any atom is -0.389 e. The number of rotatable bonds is 7. The summed E-state index contributed by atoms with van der Waals surface area (Å²) < 4.78 is 5.17. The molecule has 0 fully saturated rings. The maximum atomic E-state index is 10.5. The third-order valence-electron chi connectivity index (χ3n) is 1.54. The van der Waals surface area contributed by atoms with Gasteiger partial charge in [0, 0.05) is 20.1 Å². The molecule has 78 valence electrons. The fourth-order valence-corrected chi connectivity index (χ4v) is 0.786. The third-order valence-corrected chi connectivity index (χ3v) is 1.54. The van der Waals surface area contributed by atoms with E-state index in [1.54, 1.807) is 0 Å². The van der Waals surface area contributed by atoms with Gasteiger partial charge in [0.25, 0.3) is 0 Å². The second-order valence-corrected chi connectivity index (χ2v) is 3.02. The molecule has 4 nitrogen and oxygen atoms in total. The summed E-state index contributed by atoms with van der Waals surface area (Å²) in [4.78, 5) is 10.5. The van der Waals surface area contributed by atoms with E-state index in [0.717, 1.165) is 12.8 Å². The van der Waals surface area contributed by atoms with Gasteiger partial charge in [-0.3, -0.25) is 4.79 Å². The van der Waals surface area contributed by atoms with Gasteiger partial charge in [-0.15, -0.1) is 0 Å². The quantitative estimate of drug-likeness (QED) is 0.566. The van der Waals surface area contributed by atoms with Crippen molar-refractivity contribution in [3.8, 4) is 0 Å². The molecule has 0 radical (unpaired) electrons. The summed E-state index contributed by atoms with van der Waals surface area (Å²) in [6, 6.07) is 0. The van der Waals surface area contributed by atoms with Crippen molar-refractivity contribution in [2.24, 2.45) is 0 Å². The van der Waals surface area contributed by atoms with Crippen molar-refractivity contribution in [3.63, 3.8) is 0 Å². The Balaban J connectivity index is 3.19. The predicted molar refractivity (Wildman–Crippen MR) is 50.4 cm³/mol. The number of carbonyl (C=O) groups is 1. The van der Waals surface area contributed by atoms with Crippen molar-refractivity contribution in [1.29, 1.82) is 0 Å². The zero-order valence-corrected chi connectivity index (χ0v) is 8.38. The Hall–Kier alpha value is -0.610. The monoisotopic (exact) mass is 189 g/mol. The van der Waals surface area contributed by atoms with E-state index in [1.165, 1.54) is 6.92 Å². The van der Waals surface area contributed by atoms with E-state index in [1.807, 2.05) is 0 Å². The Bertz CT molecular complexity index is 139. The molecular weight excluding hydrogens is 170 g/mol. The van der Waals surface area contributed by atoms with Gasteiger partial charge >= 0.3 is 0 Å². The molecule has 0 aromatic heterocycles. The molecule has 0 aromatic rings. The van der Waals surface area contributed by atoms with E-state index < -0.39 is 6.10 Å². The average molecular weight is 189 g/mol. The lowest BCUT2D eigenvalue weighted by molar-refractivity contribution is -0.119. The van der Waals surface area contributed by atoms with Crippen LogP contribution >= 0.6 is 0 Å². The summed E-state index contributed by atoms with van der Waals surface area (Å²) in [6.45, 7) is 4.73. The molecule has 4 heteroatoms. The number of hydrogen-bond acceptors (Lipinski definition) is 3. The number of hydrogen-bond donors (Lipinski definition) is 2. The molecule has 0 spiro atoms. The first-order valence-electron chi connectivity index (χ1n) is 4.67. The number of aliphatic hydroxyl groups is 1. The molecule has 0 heterocycles. The van der Waals surface area contributed by atoms with Crippen molar-refractivity contribution >= 4 is 5.91 Å². The fourth-order valence-electron chi connectivity index (χ4n) is 0.786. The predicted octanol–water partition coefficient (Wildman–Crippen LogP) is 0.300. The molecular formula is C9H19NO3. The maximum absolute atomic E-state index is 10.5. The van der Waals surface area contributed by atoms with E-state index in [0.29, 0.717) is 13.2 Å². The Morgan fingerprint density at radius 3 is 2.85 bits per heavy atom. The summed E-state index contributed by atoms with van der Waals surface area (Å²) in [5.74, 6) is -0.132. The first kappa shape index (κ1) is 12.4. The molecule has 0 aromatic carbocycles. The van der Waals surface area contributed by atoms with Gasteiger partial charge in [0.1, 0.15) is 0 Å². The van der Waals surface area contributed by atoms with Crippen LogP contribution < -0.4 is 5.32 Å². The van der Waals surface area contributed by atoms with Gasteiger partial charge in [-0.1, -0.05) is 13.3 Å². The lowest BCUT2D eigenvalue weighted by Gasteiger charge is -2.10. The van der Waals surface area contributed by atoms with Gasteiger partial charge in [-0.2, -0.15) is 0 Å². The van der Waals surface area contributed by atoms with Crippen molar-refractivity contribution in [3.05, 3.63) is 0 Å². The molecule has 0 saturated carbocycles. The number of aliphatic hydroxyl groups excluding tert-OH is 1. The lowest BCUT2D eigenvalue weighted by atomic mass is 10.3. The van der Waals surface area contributed by atoms with Gasteiger partial charge in [0.2, 0.25) is 5.91 Å². The van der Waals surface area contributed by atoms with Crippen LogP contribution in [-0.4, -0.2) is 36.9 Å². The summed E-state index contributed by atoms with van der Waals surface area (Å²) >= 11 is 0. The number of nitrogens with one attached hydrogen (secondary N) is 1. The fraction of sp³-hybridized carbons (Fsp3) is 0.889. The number of ether oxygens (including phenoxy) is 1. The van der Waals surface area contributed by atoms with Crippen molar-refractivity contribution in [2.45, 2.75) is 32.8 Å². The molecule has 1 amide bonds. The second-order valence-electron chi connectivity index (χ2n) is 3.02. The zero-order chi connectivity index (χ0) is 10.1. The maximum Gasteiger partial charge on any atom is 0.216 e. The SMILES string of the molecule is CCCCOCC(O)CNC(C)=O. The van der Waals surface area contributed by atoms with Crippen LogP contribution in [0.25, 0.3) is 0 Å². The van der Waals surface area contributed by atoms with E-state index in [2.05, 4.69) is 12.2 Å². The van der Waals surface area contributed by atoms with Gasteiger partial charge in [0.15, 0.2) is 0 Å². The molecule has 13 heavy (non-hydrogen) atoms. The Morgan fingerprint density at radius 1 is 1.62 bits per heavy atom. The number of amides is 1. The standard InChI is InChI=1S/C9H19NO3/c1-3-4-5-13-7-9(12)6-10-8(2)11/h9,12H,3-7H2,1-2H3,(H,10,11). The summed E-state index contributed by atoms with van der Waals surface area (Å²) in [7, 11) is 0. The van der Waals surface area contributed by atoms with Crippen molar-refractivity contribution in [2.75, 3.05) is 19.8 Å². The van der Waals surface area contributed by atoms with E-state index >= 15 is 0 Å². The largest absolute Gasteiger partial charge is 0.389 e. The normalized spacial score (nSPS) is 12.5. The molecule has 0 bridgehead atoms. The van der Waals surface area contributed by atoms with Crippen LogP contribution in [0.5, 0.6) is 0 Å². The van der Waals surface area contributed by atoms with E-state index in [-0.39, 0.29) is 12.5 Å². The minimum absolute atomic E-state index is 0.132. The van der Waals surface area contributed by atoms with E-state index in [9.17, 15) is 9.90 Å².